The molecule has 29 heavy (non-hydrogen) atoms. The zero-order chi connectivity index (χ0) is 20.1. The van der Waals surface area contributed by atoms with Crippen molar-refractivity contribution in [3.8, 4) is 0 Å². The topological polar surface area (TPSA) is 73.6 Å². The van der Waals surface area contributed by atoms with E-state index in [1.165, 1.54) is 0 Å². The molecule has 1 aliphatic heterocycles. The second kappa shape index (κ2) is 8.96. The molecule has 0 aliphatic carbocycles. The number of aromatic nitrogens is 1. The summed E-state index contributed by atoms with van der Waals surface area (Å²) in [5, 5.41) is 6.80. The standard InChI is InChI=1S/C22H27N5O2/c1-2-26-8-10-27(11-9-26)21-6-4-18(15-23-21)16-25-22(28)24-14-17-3-5-20-19(13-17)7-12-29-20/h3-7,12-13,15H,2,8-11,14,16H2,1H3,(H2,24,25,28). The van der Waals surface area contributed by atoms with Crippen molar-refractivity contribution in [1.82, 2.24) is 20.5 Å². The van der Waals surface area contributed by atoms with Gasteiger partial charge >= 0.3 is 6.03 Å². The summed E-state index contributed by atoms with van der Waals surface area (Å²) in [5.74, 6) is 1.00. The average molecular weight is 393 g/mol. The van der Waals surface area contributed by atoms with Crippen molar-refractivity contribution in [1.29, 1.82) is 0 Å². The number of nitrogens with zero attached hydrogens (tertiary/aromatic N) is 3. The van der Waals surface area contributed by atoms with Crippen LogP contribution in [-0.2, 0) is 13.1 Å². The van der Waals surface area contributed by atoms with Crippen molar-refractivity contribution < 1.29 is 9.21 Å². The fraction of sp³-hybridized carbons (Fsp3) is 0.364. The van der Waals surface area contributed by atoms with E-state index in [0.717, 1.165) is 60.6 Å². The predicted molar refractivity (Wildman–Crippen MR) is 114 cm³/mol. The zero-order valence-corrected chi connectivity index (χ0v) is 16.7. The summed E-state index contributed by atoms with van der Waals surface area (Å²) < 4.78 is 5.33. The van der Waals surface area contributed by atoms with Gasteiger partial charge in [-0.3, -0.25) is 0 Å². The molecule has 7 heteroatoms. The third-order valence-corrected chi connectivity index (χ3v) is 5.38. The fourth-order valence-electron chi connectivity index (χ4n) is 3.55. The van der Waals surface area contributed by atoms with Gasteiger partial charge in [0.25, 0.3) is 0 Å². The number of amides is 2. The smallest absolute Gasteiger partial charge is 0.315 e. The lowest BCUT2D eigenvalue weighted by Crippen LogP contribution is -2.46. The summed E-state index contributed by atoms with van der Waals surface area (Å²) in [4.78, 5) is 21.4. The number of anilines is 1. The highest BCUT2D eigenvalue weighted by Gasteiger charge is 2.16. The molecular weight excluding hydrogens is 366 g/mol. The molecule has 0 radical (unpaired) electrons. The Hall–Kier alpha value is -3.06. The van der Waals surface area contributed by atoms with Crippen LogP contribution in [0.25, 0.3) is 11.0 Å². The first kappa shape index (κ1) is 19.3. The van der Waals surface area contributed by atoms with Gasteiger partial charge in [-0.15, -0.1) is 0 Å². The monoisotopic (exact) mass is 393 g/mol. The Morgan fingerprint density at radius 2 is 1.79 bits per heavy atom. The number of carbonyl (C=O) groups excluding carboxylic acids is 1. The SMILES string of the molecule is CCN1CCN(c2ccc(CNC(=O)NCc3ccc4occc4c3)cn2)CC1. The van der Waals surface area contributed by atoms with Crippen molar-refractivity contribution in [3.63, 3.8) is 0 Å². The Labute approximate surface area is 170 Å². The highest BCUT2D eigenvalue weighted by molar-refractivity contribution is 5.78. The van der Waals surface area contributed by atoms with Crippen LogP contribution >= 0.6 is 0 Å². The van der Waals surface area contributed by atoms with Crippen molar-refractivity contribution in [2.24, 2.45) is 0 Å². The van der Waals surface area contributed by atoms with E-state index in [2.05, 4.69) is 32.3 Å². The van der Waals surface area contributed by atoms with Gasteiger partial charge in [0, 0.05) is 50.9 Å². The molecule has 3 aromatic rings. The number of nitrogens with one attached hydrogen (secondary N) is 2. The summed E-state index contributed by atoms with van der Waals surface area (Å²) >= 11 is 0. The van der Waals surface area contributed by atoms with Gasteiger partial charge in [0.15, 0.2) is 0 Å². The number of hydrogen-bond acceptors (Lipinski definition) is 5. The molecule has 7 nitrogen and oxygen atoms in total. The van der Waals surface area contributed by atoms with Crippen LogP contribution < -0.4 is 15.5 Å². The van der Waals surface area contributed by atoms with E-state index in [9.17, 15) is 4.79 Å². The first-order valence-corrected chi connectivity index (χ1v) is 10.1. The number of rotatable bonds is 6. The van der Waals surface area contributed by atoms with Gasteiger partial charge in [0.05, 0.1) is 6.26 Å². The van der Waals surface area contributed by atoms with Crippen LogP contribution in [0.4, 0.5) is 10.6 Å². The van der Waals surface area contributed by atoms with Gasteiger partial charge in [0.1, 0.15) is 11.4 Å². The minimum Gasteiger partial charge on any atom is -0.464 e. The summed E-state index contributed by atoms with van der Waals surface area (Å²) in [5.41, 5.74) is 2.86. The van der Waals surface area contributed by atoms with Crippen molar-refractivity contribution >= 4 is 22.8 Å². The van der Waals surface area contributed by atoms with Crippen LogP contribution in [0, 0.1) is 0 Å². The zero-order valence-electron chi connectivity index (χ0n) is 16.7. The number of furan rings is 1. The maximum Gasteiger partial charge on any atom is 0.315 e. The summed E-state index contributed by atoms with van der Waals surface area (Å²) in [6, 6.07) is 11.7. The van der Waals surface area contributed by atoms with Crippen LogP contribution in [0.1, 0.15) is 18.1 Å². The quantitative estimate of drug-likeness (QED) is 0.674. The first-order valence-electron chi connectivity index (χ1n) is 10.1. The largest absolute Gasteiger partial charge is 0.464 e. The Balaban J connectivity index is 1.22. The van der Waals surface area contributed by atoms with Crippen molar-refractivity contribution in [2.45, 2.75) is 20.0 Å². The van der Waals surface area contributed by atoms with E-state index in [1.807, 2.05) is 42.6 Å². The second-order valence-corrected chi connectivity index (χ2v) is 7.27. The van der Waals surface area contributed by atoms with Crippen LogP contribution in [0.15, 0.2) is 53.3 Å². The Morgan fingerprint density at radius 3 is 2.52 bits per heavy atom. The van der Waals surface area contributed by atoms with E-state index in [0.29, 0.717) is 13.1 Å². The molecule has 2 amide bonds. The molecule has 2 aromatic heterocycles. The summed E-state index contributed by atoms with van der Waals surface area (Å²) in [7, 11) is 0. The number of likely N-dealkylation sites (N-methyl/N-ethyl adjacent to an activating group) is 1. The molecule has 1 aliphatic rings. The molecule has 0 bridgehead atoms. The van der Waals surface area contributed by atoms with Crippen molar-refractivity contribution in [2.75, 3.05) is 37.6 Å². The second-order valence-electron chi connectivity index (χ2n) is 7.27. The minimum atomic E-state index is -0.197. The van der Waals surface area contributed by atoms with E-state index < -0.39 is 0 Å². The van der Waals surface area contributed by atoms with E-state index >= 15 is 0 Å². The number of carbonyl (C=O) groups is 1. The fourth-order valence-corrected chi connectivity index (χ4v) is 3.55. The maximum atomic E-state index is 12.1. The molecule has 1 aromatic carbocycles. The van der Waals surface area contributed by atoms with Crippen molar-refractivity contribution in [3.05, 3.63) is 60.0 Å². The number of benzene rings is 1. The van der Waals surface area contributed by atoms with Gasteiger partial charge in [-0.25, -0.2) is 9.78 Å². The molecule has 0 unspecified atom stereocenters. The third-order valence-electron chi connectivity index (χ3n) is 5.38. The van der Waals surface area contributed by atoms with E-state index in [4.69, 9.17) is 4.42 Å². The van der Waals surface area contributed by atoms with Crippen LogP contribution in [0.2, 0.25) is 0 Å². The molecule has 1 saturated heterocycles. The summed E-state index contributed by atoms with van der Waals surface area (Å²) in [6.07, 6.45) is 3.51. The Morgan fingerprint density at radius 1 is 1.03 bits per heavy atom. The lowest BCUT2D eigenvalue weighted by Gasteiger charge is -2.34. The maximum absolute atomic E-state index is 12.1. The molecule has 1 fully saturated rings. The van der Waals surface area contributed by atoms with Gasteiger partial charge < -0.3 is 24.9 Å². The molecular formula is C22H27N5O2. The Kier molecular flexibility index (Phi) is 5.95. The Bertz CT molecular complexity index is 945. The normalized spacial score (nSPS) is 14.9. The van der Waals surface area contributed by atoms with Crippen LogP contribution in [0.5, 0.6) is 0 Å². The molecule has 0 atom stereocenters. The third kappa shape index (κ3) is 4.86. The highest BCUT2D eigenvalue weighted by atomic mass is 16.3. The molecule has 0 spiro atoms. The lowest BCUT2D eigenvalue weighted by molar-refractivity contribution is 0.240. The van der Waals surface area contributed by atoms with Crippen LogP contribution in [0.3, 0.4) is 0 Å². The number of fused-ring (bicyclic) bond motifs is 1. The minimum absolute atomic E-state index is 0.197. The van der Waals surface area contributed by atoms with E-state index in [1.54, 1.807) is 6.26 Å². The molecule has 4 rings (SSSR count). The van der Waals surface area contributed by atoms with Gasteiger partial charge in [-0.2, -0.15) is 0 Å². The van der Waals surface area contributed by atoms with Gasteiger partial charge in [-0.1, -0.05) is 19.1 Å². The van der Waals surface area contributed by atoms with Crippen LogP contribution in [-0.4, -0.2) is 48.6 Å². The average Bonchev–Trinajstić information content (AvgIpc) is 3.24. The van der Waals surface area contributed by atoms with E-state index in [-0.39, 0.29) is 6.03 Å². The lowest BCUT2D eigenvalue weighted by atomic mass is 10.1. The first-order chi connectivity index (χ1) is 14.2. The molecule has 152 valence electrons. The number of urea groups is 1. The molecule has 0 saturated carbocycles. The summed E-state index contributed by atoms with van der Waals surface area (Å²) in [6.45, 7) is 8.38. The predicted octanol–water partition coefficient (Wildman–Crippen LogP) is 2.97. The highest BCUT2D eigenvalue weighted by Crippen LogP contribution is 2.17. The molecule has 2 N–H and O–H groups in total. The van der Waals surface area contributed by atoms with Gasteiger partial charge in [0.2, 0.25) is 0 Å². The number of piperazine rings is 1. The number of pyridine rings is 1. The molecule has 3 heterocycles. The number of hydrogen-bond donors (Lipinski definition) is 2. The van der Waals surface area contributed by atoms with Gasteiger partial charge in [-0.05, 0) is 41.9 Å².